The number of nitrogens with one attached hydrogen (secondary N) is 1. The SMILES string of the molecule is CC1CCCC(N(C)Cc2csc(C(=O)NN)n2)C1. The summed E-state index contributed by atoms with van der Waals surface area (Å²) in [7, 11) is 2.14. The molecule has 1 aromatic rings. The number of aromatic nitrogens is 1. The first kappa shape index (κ1) is 14.4. The zero-order valence-corrected chi connectivity index (χ0v) is 12.4. The van der Waals surface area contributed by atoms with E-state index in [1.165, 1.54) is 37.0 Å². The lowest BCUT2D eigenvalue weighted by Crippen LogP contribution is -2.35. The predicted octanol–water partition coefficient (Wildman–Crippen LogP) is 1.76. The lowest BCUT2D eigenvalue weighted by molar-refractivity contribution is 0.0952. The molecular weight excluding hydrogens is 260 g/mol. The smallest absolute Gasteiger partial charge is 0.294 e. The summed E-state index contributed by atoms with van der Waals surface area (Å²) in [5.74, 6) is 5.60. The molecule has 1 amide bonds. The zero-order chi connectivity index (χ0) is 13.8. The van der Waals surface area contributed by atoms with Crippen LogP contribution in [-0.2, 0) is 6.54 Å². The molecule has 1 fully saturated rings. The van der Waals surface area contributed by atoms with Crippen LogP contribution in [0, 0.1) is 5.92 Å². The van der Waals surface area contributed by atoms with Crippen molar-refractivity contribution < 1.29 is 4.79 Å². The highest BCUT2D eigenvalue weighted by Crippen LogP contribution is 2.27. The second-order valence-electron chi connectivity index (χ2n) is 5.46. The van der Waals surface area contributed by atoms with Crippen molar-refractivity contribution in [2.45, 2.75) is 45.2 Å². The van der Waals surface area contributed by atoms with Crippen LogP contribution >= 0.6 is 11.3 Å². The number of hydrazine groups is 1. The van der Waals surface area contributed by atoms with E-state index in [1.807, 2.05) is 5.38 Å². The van der Waals surface area contributed by atoms with Gasteiger partial charge in [-0.05, 0) is 25.8 Å². The van der Waals surface area contributed by atoms with Gasteiger partial charge in [0.2, 0.25) is 0 Å². The molecule has 1 aliphatic carbocycles. The molecule has 1 aliphatic rings. The van der Waals surface area contributed by atoms with E-state index in [1.54, 1.807) is 0 Å². The Balaban J connectivity index is 1.93. The Hall–Kier alpha value is -0.980. The Morgan fingerprint density at radius 2 is 2.42 bits per heavy atom. The van der Waals surface area contributed by atoms with Crippen LogP contribution < -0.4 is 11.3 Å². The Morgan fingerprint density at radius 1 is 1.63 bits per heavy atom. The van der Waals surface area contributed by atoms with E-state index in [0.29, 0.717) is 11.0 Å². The van der Waals surface area contributed by atoms with Crippen molar-refractivity contribution in [3.8, 4) is 0 Å². The van der Waals surface area contributed by atoms with E-state index in [9.17, 15) is 4.79 Å². The van der Waals surface area contributed by atoms with Crippen LogP contribution in [0.1, 0.15) is 48.1 Å². The van der Waals surface area contributed by atoms with Crippen LogP contribution in [-0.4, -0.2) is 28.9 Å². The fraction of sp³-hybridized carbons (Fsp3) is 0.692. The maximum atomic E-state index is 11.4. The third-order valence-corrected chi connectivity index (χ3v) is 4.71. The van der Waals surface area contributed by atoms with Crippen LogP contribution in [0.3, 0.4) is 0 Å². The van der Waals surface area contributed by atoms with Gasteiger partial charge in [-0.3, -0.25) is 15.1 Å². The molecule has 0 aromatic carbocycles. The molecule has 19 heavy (non-hydrogen) atoms. The van der Waals surface area contributed by atoms with Crippen LogP contribution in [0.25, 0.3) is 0 Å². The average Bonchev–Trinajstić information content (AvgIpc) is 2.86. The summed E-state index contributed by atoms with van der Waals surface area (Å²) in [5.41, 5.74) is 3.06. The summed E-state index contributed by atoms with van der Waals surface area (Å²) in [4.78, 5) is 18.0. The van der Waals surface area contributed by atoms with E-state index in [-0.39, 0.29) is 5.91 Å². The van der Waals surface area contributed by atoms with E-state index >= 15 is 0 Å². The van der Waals surface area contributed by atoms with E-state index in [4.69, 9.17) is 5.84 Å². The topological polar surface area (TPSA) is 71.2 Å². The standard InChI is InChI=1S/C13H22N4OS/c1-9-4-3-5-11(6-9)17(2)7-10-8-19-13(15-10)12(18)16-14/h8-9,11H,3-7,14H2,1-2H3,(H,16,18). The zero-order valence-electron chi connectivity index (χ0n) is 11.6. The predicted molar refractivity (Wildman–Crippen MR) is 76.7 cm³/mol. The minimum atomic E-state index is -0.315. The van der Waals surface area contributed by atoms with Crippen molar-refractivity contribution in [2.75, 3.05) is 7.05 Å². The summed E-state index contributed by atoms with van der Waals surface area (Å²) in [5, 5.41) is 2.37. The Labute approximate surface area is 118 Å². The van der Waals surface area contributed by atoms with Crippen molar-refractivity contribution in [2.24, 2.45) is 11.8 Å². The molecule has 0 spiro atoms. The number of thiazole rings is 1. The van der Waals surface area contributed by atoms with Gasteiger partial charge in [-0.1, -0.05) is 19.8 Å². The first-order valence-electron chi connectivity index (χ1n) is 6.75. The van der Waals surface area contributed by atoms with Crippen LogP contribution in [0.5, 0.6) is 0 Å². The largest absolute Gasteiger partial charge is 0.298 e. The second-order valence-corrected chi connectivity index (χ2v) is 6.32. The number of nitrogens with zero attached hydrogens (tertiary/aromatic N) is 2. The highest BCUT2D eigenvalue weighted by Gasteiger charge is 2.23. The fourth-order valence-electron chi connectivity index (χ4n) is 2.73. The molecule has 2 atom stereocenters. The van der Waals surface area contributed by atoms with Crippen molar-refractivity contribution in [1.82, 2.24) is 15.3 Å². The normalized spacial score (nSPS) is 23.6. The molecule has 0 saturated heterocycles. The van der Waals surface area contributed by atoms with Gasteiger partial charge >= 0.3 is 0 Å². The molecule has 0 aliphatic heterocycles. The second kappa shape index (κ2) is 6.45. The molecule has 6 heteroatoms. The molecule has 0 radical (unpaired) electrons. The number of hydrogen-bond acceptors (Lipinski definition) is 5. The highest BCUT2D eigenvalue weighted by atomic mass is 32.1. The van der Waals surface area contributed by atoms with Crippen LogP contribution in [0.2, 0.25) is 0 Å². The van der Waals surface area contributed by atoms with E-state index in [0.717, 1.165) is 18.2 Å². The number of amides is 1. The lowest BCUT2D eigenvalue weighted by atomic mass is 9.86. The highest BCUT2D eigenvalue weighted by molar-refractivity contribution is 7.11. The average molecular weight is 282 g/mol. The van der Waals surface area contributed by atoms with Gasteiger partial charge < -0.3 is 0 Å². The van der Waals surface area contributed by atoms with Gasteiger partial charge in [-0.25, -0.2) is 10.8 Å². The van der Waals surface area contributed by atoms with Gasteiger partial charge in [0.15, 0.2) is 5.01 Å². The van der Waals surface area contributed by atoms with Crippen molar-refractivity contribution in [3.63, 3.8) is 0 Å². The minimum absolute atomic E-state index is 0.315. The molecule has 1 heterocycles. The van der Waals surface area contributed by atoms with Crippen LogP contribution in [0.4, 0.5) is 0 Å². The first-order valence-corrected chi connectivity index (χ1v) is 7.63. The lowest BCUT2D eigenvalue weighted by Gasteiger charge is -2.33. The number of nitrogen functional groups attached to an aromatic ring is 1. The molecule has 1 saturated carbocycles. The minimum Gasteiger partial charge on any atom is -0.298 e. The summed E-state index contributed by atoms with van der Waals surface area (Å²) < 4.78 is 0. The van der Waals surface area contributed by atoms with Crippen molar-refractivity contribution in [1.29, 1.82) is 0 Å². The maximum absolute atomic E-state index is 11.4. The van der Waals surface area contributed by atoms with Gasteiger partial charge in [-0.15, -0.1) is 11.3 Å². The molecule has 2 unspecified atom stereocenters. The molecule has 106 valence electrons. The number of hydrogen-bond donors (Lipinski definition) is 2. The number of carbonyl (C=O) groups is 1. The summed E-state index contributed by atoms with van der Waals surface area (Å²) >= 11 is 1.34. The molecule has 0 bridgehead atoms. The Kier molecular flexibility index (Phi) is 4.90. The van der Waals surface area contributed by atoms with Gasteiger partial charge in [-0.2, -0.15) is 0 Å². The summed E-state index contributed by atoms with van der Waals surface area (Å²) in [6.07, 6.45) is 5.19. The first-order chi connectivity index (χ1) is 9.10. The van der Waals surface area contributed by atoms with Gasteiger partial charge in [0, 0.05) is 18.0 Å². The monoisotopic (exact) mass is 282 g/mol. The number of rotatable bonds is 4. The fourth-order valence-corrected chi connectivity index (χ4v) is 3.44. The molecule has 3 N–H and O–H groups in total. The maximum Gasteiger partial charge on any atom is 0.294 e. The quantitative estimate of drug-likeness (QED) is 0.501. The third kappa shape index (κ3) is 3.75. The van der Waals surface area contributed by atoms with Gasteiger partial charge in [0.25, 0.3) is 5.91 Å². The van der Waals surface area contributed by atoms with Crippen molar-refractivity contribution in [3.05, 3.63) is 16.1 Å². The molecule has 1 aromatic heterocycles. The Bertz CT molecular complexity index is 434. The van der Waals surface area contributed by atoms with Crippen LogP contribution in [0.15, 0.2) is 5.38 Å². The van der Waals surface area contributed by atoms with Gasteiger partial charge in [0.1, 0.15) is 0 Å². The van der Waals surface area contributed by atoms with E-state index in [2.05, 4.69) is 29.3 Å². The Morgan fingerprint density at radius 3 is 3.11 bits per heavy atom. The van der Waals surface area contributed by atoms with E-state index < -0.39 is 0 Å². The molecule has 5 nitrogen and oxygen atoms in total. The summed E-state index contributed by atoms with van der Waals surface area (Å²) in [6, 6.07) is 0.636. The number of carbonyl (C=O) groups excluding carboxylic acids is 1. The molecular formula is C13H22N4OS. The van der Waals surface area contributed by atoms with Gasteiger partial charge in [0.05, 0.1) is 5.69 Å². The molecule has 2 rings (SSSR count). The number of nitrogens with two attached hydrogens (primary N) is 1. The van der Waals surface area contributed by atoms with Crippen molar-refractivity contribution >= 4 is 17.2 Å². The third-order valence-electron chi connectivity index (χ3n) is 3.82. The summed E-state index contributed by atoms with van der Waals surface area (Å²) in [6.45, 7) is 3.12.